The fraction of sp³-hybridized carbons (Fsp3) is 0.474. The molecule has 0 spiro atoms. The Bertz CT molecular complexity index is 772. The number of halogens is 1. The van der Waals surface area contributed by atoms with Gasteiger partial charge in [0.15, 0.2) is 0 Å². The predicted molar refractivity (Wildman–Crippen MR) is 105 cm³/mol. The minimum atomic E-state index is -0.982. The van der Waals surface area contributed by atoms with Gasteiger partial charge in [-0.3, -0.25) is 14.4 Å². The number of methoxy groups -OCH3 is 1. The number of benzene rings is 1. The molecule has 0 aliphatic carbocycles. The van der Waals surface area contributed by atoms with E-state index in [2.05, 4.69) is 0 Å². The highest BCUT2D eigenvalue weighted by Crippen LogP contribution is 2.30. The molecule has 7 nitrogen and oxygen atoms in total. The summed E-state index contributed by atoms with van der Waals surface area (Å²) in [5.41, 5.74) is 0.486. The van der Waals surface area contributed by atoms with Gasteiger partial charge >= 0.3 is 5.97 Å². The standard InChI is InChI=1S/C19H21IO7/c1-10-6-7-13(20)17(23)18(24)14(21)5-3-4-11-8-12(26-2)9-15(22)16(11)19(25)27-10/h8-10,13,22H,3-7H2,1-2H3/t10-,13?/m0/s1. The Hall–Kier alpha value is -1.97. The number of carbonyl (C=O) groups is 4. The van der Waals surface area contributed by atoms with Gasteiger partial charge < -0.3 is 14.6 Å². The highest BCUT2D eigenvalue weighted by Gasteiger charge is 2.29. The predicted octanol–water partition coefficient (Wildman–Crippen LogP) is 2.57. The minimum Gasteiger partial charge on any atom is -0.507 e. The molecule has 1 heterocycles. The summed E-state index contributed by atoms with van der Waals surface area (Å²) >= 11 is 1.83. The quantitative estimate of drug-likeness (QED) is 0.280. The number of cyclic esters (lactones) is 1. The van der Waals surface area contributed by atoms with Crippen LogP contribution in [0.5, 0.6) is 11.5 Å². The molecule has 1 aromatic carbocycles. The van der Waals surface area contributed by atoms with Gasteiger partial charge in [0.25, 0.3) is 5.78 Å². The van der Waals surface area contributed by atoms with Gasteiger partial charge in [0, 0.05) is 12.5 Å². The molecule has 0 radical (unpaired) electrons. The lowest BCUT2D eigenvalue weighted by atomic mass is 9.97. The van der Waals surface area contributed by atoms with Crippen LogP contribution in [0.4, 0.5) is 0 Å². The van der Waals surface area contributed by atoms with E-state index < -0.39 is 33.3 Å². The van der Waals surface area contributed by atoms with Crippen LogP contribution in [0.2, 0.25) is 0 Å². The Kier molecular flexibility index (Phi) is 7.34. The highest BCUT2D eigenvalue weighted by atomic mass is 127. The summed E-state index contributed by atoms with van der Waals surface area (Å²) < 4.78 is 9.87. The van der Waals surface area contributed by atoms with Crippen LogP contribution in [0.1, 0.15) is 48.5 Å². The van der Waals surface area contributed by atoms with Crippen molar-refractivity contribution in [1.29, 1.82) is 0 Å². The summed E-state index contributed by atoms with van der Waals surface area (Å²) in [4.78, 5) is 48.7. The van der Waals surface area contributed by atoms with Gasteiger partial charge in [0.1, 0.15) is 17.1 Å². The maximum Gasteiger partial charge on any atom is 0.342 e. The molecule has 1 unspecified atom stereocenters. The van der Waals surface area contributed by atoms with Crippen molar-refractivity contribution in [2.45, 2.75) is 49.1 Å². The molecule has 0 amide bonds. The lowest BCUT2D eigenvalue weighted by Crippen LogP contribution is -2.31. The summed E-state index contributed by atoms with van der Waals surface area (Å²) in [6, 6.07) is 2.91. The fourth-order valence-corrected chi connectivity index (χ4v) is 3.50. The lowest BCUT2D eigenvalue weighted by molar-refractivity contribution is -0.143. The van der Waals surface area contributed by atoms with E-state index in [1.165, 1.54) is 13.2 Å². The number of aromatic hydroxyl groups is 1. The van der Waals surface area contributed by atoms with Crippen LogP contribution in [0.3, 0.4) is 0 Å². The maximum absolute atomic E-state index is 12.6. The Balaban J connectivity index is 2.37. The van der Waals surface area contributed by atoms with Gasteiger partial charge in [-0.2, -0.15) is 0 Å². The van der Waals surface area contributed by atoms with Crippen LogP contribution in [-0.2, 0) is 25.5 Å². The molecule has 146 valence electrons. The highest BCUT2D eigenvalue weighted by molar-refractivity contribution is 14.1. The molecular formula is C19H21IO7. The van der Waals surface area contributed by atoms with E-state index in [4.69, 9.17) is 9.47 Å². The number of phenols is 1. The minimum absolute atomic E-state index is 0.0283. The van der Waals surface area contributed by atoms with Gasteiger partial charge in [-0.15, -0.1) is 0 Å². The van der Waals surface area contributed by atoms with Gasteiger partial charge in [0.05, 0.1) is 17.1 Å². The zero-order chi connectivity index (χ0) is 20.1. The van der Waals surface area contributed by atoms with Gasteiger partial charge in [0.2, 0.25) is 11.6 Å². The van der Waals surface area contributed by atoms with Crippen LogP contribution in [0.25, 0.3) is 0 Å². The molecule has 1 aliphatic heterocycles. The number of carbonyl (C=O) groups excluding carboxylic acids is 4. The third-order valence-corrected chi connectivity index (χ3v) is 5.55. The third-order valence-electron chi connectivity index (χ3n) is 4.36. The Morgan fingerprint density at radius 2 is 1.85 bits per heavy atom. The first-order chi connectivity index (χ1) is 12.7. The van der Waals surface area contributed by atoms with Crippen molar-refractivity contribution in [3.05, 3.63) is 23.3 Å². The summed E-state index contributed by atoms with van der Waals surface area (Å²) in [5.74, 6) is -3.01. The second-order valence-electron chi connectivity index (χ2n) is 6.41. The number of aryl methyl sites for hydroxylation is 1. The summed E-state index contributed by atoms with van der Waals surface area (Å²) in [5, 5.41) is 10.3. The number of ketones is 3. The van der Waals surface area contributed by atoms with E-state index in [1.807, 2.05) is 22.6 Å². The fourth-order valence-electron chi connectivity index (χ4n) is 2.85. The Morgan fingerprint density at radius 3 is 2.52 bits per heavy atom. The van der Waals surface area contributed by atoms with Gasteiger partial charge in [-0.25, -0.2) is 4.79 Å². The summed E-state index contributed by atoms with van der Waals surface area (Å²) in [6.07, 6.45) is 0.492. The molecule has 8 heteroatoms. The van der Waals surface area contributed by atoms with Crippen molar-refractivity contribution < 1.29 is 33.8 Å². The molecule has 27 heavy (non-hydrogen) atoms. The summed E-state index contributed by atoms with van der Waals surface area (Å²) in [7, 11) is 1.43. The molecule has 1 aliphatic rings. The number of hydrogen-bond donors (Lipinski definition) is 1. The molecule has 1 N–H and O–H groups in total. The van der Waals surface area contributed by atoms with Crippen LogP contribution in [0, 0.1) is 0 Å². The number of alkyl halides is 1. The number of rotatable bonds is 1. The lowest BCUT2D eigenvalue weighted by Gasteiger charge is -2.18. The van der Waals surface area contributed by atoms with Crippen LogP contribution in [-0.4, -0.2) is 45.6 Å². The van der Waals surface area contributed by atoms with Crippen molar-refractivity contribution in [3.8, 4) is 11.5 Å². The van der Waals surface area contributed by atoms with E-state index >= 15 is 0 Å². The monoisotopic (exact) mass is 488 g/mol. The van der Waals surface area contributed by atoms with E-state index in [0.717, 1.165) is 0 Å². The first-order valence-corrected chi connectivity index (χ1v) is 9.85. The van der Waals surface area contributed by atoms with E-state index in [9.17, 15) is 24.3 Å². The SMILES string of the molecule is COc1cc(O)c2c(c1)CCCC(=O)C(=O)C(=O)C(I)CC[C@H](C)OC2=O. The maximum atomic E-state index is 12.6. The third kappa shape index (κ3) is 5.27. The first kappa shape index (κ1) is 21.3. The van der Waals surface area contributed by atoms with Crippen molar-refractivity contribution in [2.24, 2.45) is 0 Å². The molecule has 1 aromatic rings. The molecule has 0 bridgehead atoms. The number of phenolic OH excluding ortho intramolecular Hbond substituents is 1. The number of fused-ring (bicyclic) bond motifs is 1. The second kappa shape index (κ2) is 9.29. The second-order valence-corrected chi connectivity index (χ2v) is 7.92. The molecule has 0 saturated heterocycles. The van der Waals surface area contributed by atoms with Crippen molar-refractivity contribution >= 4 is 45.9 Å². The molecule has 2 rings (SSSR count). The Labute approximate surface area is 170 Å². The molecular weight excluding hydrogens is 467 g/mol. The number of esters is 1. The smallest absolute Gasteiger partial charge is 0.342 e. The number of Topliss-reactive ketones (excluding diaryl/α,β-unsaturated/α-hetero) is 3. The van der Waals surface area contributed by atoms with E-state index in [-0.39, 0.29) is 30.6 Å². The molecule has 2 atom stereocenters. The topological polar surface area (TPSA) is 107 Å². The zero-order valence-electron chi connectivity index (χ0n) is 15.1. The molecule has 0 saturated carbocycles. The van der Waals surface area contributed by atoms with Gasteiger partial charge in [-0.1, -0.05) is 22.6 Å². The average Bonchev–Trinajstić information content (AvgIpc) is 2.63. The normalized spacial score (nSPS) is 22.6. The van der Waals surface area contributed by atoms with Crippen LogP contribution in [0.15, 0.2) is 12.1 Å². The van der Waals surface area contributed by atoms with Crippen molar-refractivity contribution in [1.82, 2.24) is 0 Å². The largest absolute Gasteiger partial charge is 0.507 e. The zero-order valence-corrected chi connectivity index (χ0v) is 17.3. The number of ether oxygens (including phenoxy) is 2. The summed E-state index contributed by atoms with van der Waals surface area (Å²) in [6.45, 7) is 1.67. The van der Waals surface area contributed by atoms with E-state index in [1.54, 1.807) is 13.0 Å². The van der Waals surface area contributed by atoms with Crippen molar-refractivity contribution in [3.63, 3.8) is 0 Å². The van der Waals surface area contributed by atoms with E-state index in [0.29, 0.717) is 24.2 Å². The Morgan fingerprint density at radius 1 is 1.15 bits per heavy atom. The first-order valence-electron chi connectivity index (χ1n) is 8.60. The van der Waals surface area contributed by atoms with Crippen LogP contribution < -0.4 is 4.74 Å². The van der Waals surface area contributed by atoms with Gasteiger partial charge in [-0.05, 0) is 44.2 Å². The van der Waals surface area contributed by atoms with Crippen LogP contribution >= 0.6 is 22.6 Å². The number of hydrogen-bond acceptors (Lipinski definition) is 7. The molecule has 0 fully saturated rings. The average molecular weight is 488 g/mol. The molecule has 0 aromatic heterocycles. The van der Waals surface area contributed by atoms with Crippen molar-refractivity contribution in [2.75, 3.05) is 7.11 Å².